The zero-order valence-electron chi connectivity index (χ0n) is 12.4. The molecule has 0 bridgehead atoms. The van der Waals surface area contributed by atoms with Gasteiger partial charge in [-0.2, -0.15) is 5.26 Å². The number of hydrogen-bond donors (Lipinski definition) is 1. The molecule has 1 N–H and O–H groups in total. The number of nitriles is 1. The minimum atomic E-state index is -0.0779. The fourth-order valence-corrected chi connectivity index (χ4v) is 3.62. The molecule has 0 saturated carbocycles. The zero-order valence-corrected chi connectivity index (χ0v) is 15.4. The van der Waals surface area contributed by atoms with Crippen molar-refractivity contribution >= 4 is 34.2 Å². The fourth-order valence-electron chi connectivity index (χ4n) is 2.77. The van der Waals surface area contributed by atoms with Gasteiger partial charge in [-0.1, -0.05) is 29.5 Å². The van der Waals surface area contributed by atoms with E-state index in [0.717, 1.165) is 32.4 Å². The van der Waals surface area contributed by atoms with Gasteiger partial charge in [0.05, 0.1) is 18.1 Å². The van der Waals surface area contributed by atoms with Crippen molar-refractivity contribution in [2.45, 2.75) is 57.1 Å². The van der Waals surface area contributed by atoms with Crippen molar-refractivity contribution in [2.75, 3.05) is 17.6 Å². The fraction of sp³-hybridized carbons (Fsp3) is 0.933. The van der Waals surface area contributed by atoms with Crippen LogP contribution in [0.4, 0.5) is 0 Å². The third-order valence-corrected chi connectivity index (χ3v) is 5.12. The molecule has 5 heteroatoms. The molecule has 0 spiro atoms. The summed E-state index contributed by atoms with van der Waals surface area (Å²) in [5.74, 6) is 0.509. The lowest BCUT2D eigenvalue weighted by molar-refractivity contribution is -0.0167. The summed E-state index contributed by atoms with van der Waals surface area (Å²) in [6.45, 7) is 5.97. The first-order valence-corrected chi connectivity index (χ1v) is 9.51. The van der Waals surface area contributed by atoms with E-state index in [-0.39, 0.29) is 11.3 Å². The van der Waals surface area contributed by atoms with Crippen LogP contribution in [0.1, 0.15) is 39.5 Å². The Morgan fingerprint density at radius 3 is 2.90 bits per heavy atom. The summed E-state index contributed by atoms with van der Waals surface area (Å²) in [7, 11) is 0. The van der Waals surface area contributed by atoms with Crippen LogP contribution in [0.25, 0.3) is 0 Å². The predicted octanol–water partition coefficient (Wildman–Crippen LogP) is 3.74. The van der Waals surface area contributed by atoms with Crippen molar-refractivity contribution in [1.82, 2.24) is 5.32 Å². The molecule has 0 aliphatic carbocycles. The second kappa shape index (κ2) is 10.2. The molecule has 2 unspecified atom stereocenters. The highest BCUT2D eigenvalue weighted by atomic mass is 127. The van der Waals surface area contributed by atoms with Gasteiger partial charge >= 0.3 is 0 Å². The summed E-state index contributed by atoms with van der Waals surface area (Å²) in [5.41, 5.74) is 0. The van der Waals surface area contributed by atoms with E-state index in [1.165, 1.54) is 10.8 Å². The van der Waals surface area contributed by atoms with Crippen LogP contribution < -0.4 is 5.32 Å². The van der Waals surface area contributed by atoms with Gasteiger partial charge in [0.25, 0.3) is 0 Å². The average molecular weight is 413 g/mol. The number of piperidine rings is 1. The van der Waals surface area contributed by atoms with Crippen LogP contribution in [-0.4, -0.2) is 35.1 Å². The summed E-state index contributed by atoms with van der Waals surface area (Å²) in [6, 6.07) is 2.86. The minimum absolute atomic E-state index is 0.0579. The number of nitrogens with zero attached hydrogens (tertiary/aromatic N) is 1. The average Bonchev–Trinajstić information content (AvgIpc) is 2.42. The third kappa shape index (κ3) is 6.05. The molecule has 1 rings (SSSR count). The van der Waals surface area contributed by atoms with Gasteiger partial charge in [0, 0.05) is 22.5 Å². The Morgan fingerprint density at radius 2 is 2.30 bits per heavy atom. The molecule has 0 aromatic heterocycles. The molecule has 1 aliphatic rings. The van der Waals surface area contributed by atoms with Crippen molar-refractivity contribution in [3.8, 4) is 6.07 Å². The molecule has 0 amide bonds. The number of hydrogen-bond acceptors (Lipinski definition) is 3. The lowest BCUT2D eigenvalue weighted by atomic mass is 9.88. The second-order valence-electron chi connectivity index (χ2n) is 5.65. The standard InChI is InChI=1S/C15H26ClIN2O/c1-11-14(5-7-17)19-8-6-15(11)20-9-3-4-13(10-18)12(2)16/h11-15,19H,3-9H2,1-2H3/t11-,12?,13+,14?,15-/m0/s1. The topological polar surface area (TPSA) is 45.0 Å². The summed E-state index contributed by atoms with van der Waals surface area (Å²) in [6.07, 6.45) is 4.41. The first kappa shape index (κ1) is 18.5. The Labute approximate surface area is 141 Å². The van der Waals surface area contributed by atoms with Crippen LogP contribution in [0, 0.1) is 23.2 Å². The summed E-state index contributed by atoms with van der Waals surface area (Å²) < 4.78 is 7.24. The Kier molecular flexibility index (Phi) is 9.43. The van der Waals surface area contributed by atoms with E-state index in [2.05, 4.69) is 40.9 Å². The highest BCUT2D eigenvalue weighted by Crippen LogP contribution is 2.23. The molecule has 1 heterocycles. The molecule has 116 valence electrons. The number of alkyl halides is 2. The van der Waals surface area contributed by atoms with Gasteiger partial charge in [0.15, 0.2) is 0 Å². The number of rotatable bonds is 8. The smallest absolute Gasteiger partial charge is 0.0671 e. The van der Waals surface area contributed by atoms with Gasteiger partial charge < -0.3 is 10.1 Å². The maximum Gasteiger partial charge on any atom is 0.0671 e. The lowest BCUT2D eigenvalue weighted by Crippen LogP contribution is -2.48. The van der Waals surface area contributed by atoms with Gasteiger partial charge in [0.1, 0.15) is 0 Å². The van der Waals surface area contributed by atoms with Crippen molar-refractivity contribution < 1.29 is 4.74 Å². The van der Waals surface area contributed by atoms with Crippen molar-refractivity contribution in [3.63, 3.8) is 0 Å². The molecular formula is C15H26ClIN2O. The van der Waals surface area contributed by atoms with Crippen molar-refractivity contribution in [3.05, 3.63) is 0 Å². The first-order valence-electron chi connectivity index (χ1n) is 7.54. The molecular weight excluding hydrogens is 387 g/mol. The Morgan fingerprint density at radius 1 is 1.55 bits per heavy atom. The van der Waals surface area contributed by atoms with Crippen molar-refractivity contribution in [1.29, 1.82) is 5.26 Å². The van der Waals surface area contributed by atoms with Gasteiger partial charge in [-0.3, -0.25) is 0 Å². The quantitative estimate of drug-likeness (QED) is 0.375. The molecule has 0 radical (unpaired) electrons. The largest absolute Gasteiger partial charge is 0.378 e. The van der Waals surface area contributed by atoms with Gasteiger partial charge in [-0.15, -0.1) is 11.6 Å². The zero-order chi connectivity index (χ0) is 15.0. The lowest BCUT2D eigenvalue weighted by Gasteiger charge is -2.36. The number of ether oxygens (including phenoxy) is 1. The highest BCUT2D eigenvalue weighted by molar-refractivity contribution is 14.1. The summed E-state index contributed by atoms with van der Waals surface area (Å²) in [5, 5.41) is 12.5. The number of nitrogens with one attached hydrogen (secondary N) is 1. The Balaban J connectivity index is 2.25. The van der Waals surface area contributed by atoms with Crippen LogP contribution in [0.3, 0.4) is 0 Å². The van der Waals surface area contributed by atoms with Gasteiger partial charge in [0.2, 0.25) is 0 Å². The maximum atomic E-state index is 9.00. The van der Waals surface area contributed by atoms with E-state index in [1.807, 2.05) is 6.92 Å². The van der Waals surface area contributed by atoms with Crippen LogP contribution in [0.5, 0.6) is 0 Å². The Hall–Kier alpha value is 0.430. The molecule has 0 aromatic rings. The molecule has 1 fully saturated rings. The van der Waals surface area contributed by atoms with Crippen LogP contribution in [-0.2, 0) is 4.74 Å². The summed E-state index contributed by atoms with van der Waals surface area (Å²) in [4.78, 5) is 0. The van der Waals surface area contributed by atoms with Crippen LogP contribution >= 0.6 is 34.2 Å². The maximum absolute atomic E-state index is 9.00. The molecule has 5 atom stereocenters. The normalized spacial score (nSPS) is 29.6. The van der Waals surface area contributed by atoms with E-state index >= 15 is 0 Å². The van der Waals surface area contributed by atoms with E-state index in [1.54, 1.807) is 0 Å². The predicted molar refractivity (Wildman–Crippen MR) is 92.5 cm³/mol. The third-order valence-electron chi connectivity index (χ3n) is 4.19. The van der Waals surface area contributed by atoms with Crippen molar-refractivity contribution in [2.24, 2.45) is 11.8 Å². The number of halogens is 2. The first-order chi connectivity index (χ1) is 9.60. The monoisotopic (exact) mass is 412 g/mol. The molecule has 3 nitrogen and oxygen atoms in total. The van der Waals surface area contributed by atoms with E-state index < -0.39 is 0 Å². The second-order valence-corrected chi connectivity index (χ2v) is 7.42. The minimum Gasteiger partial charge on any atom is -0.378 e. The van der Waals surface area contributed by atoms with Crippen LogP contribution in [0.15, 0.2) is 0 Å². The SMILES string of the molecule is CC(Cl)[C@@H](C#N)CCCO[C@H]1CCNC(CCI)[C@@H]1C. The molecule has 1 aliphatic heterocycles. The summed E-state index contributed by atoms with van der Waals surface area (Å²) >= 11 is 8.41. The molecule has 1 saturated heterocycles. The van der Waals surface area contributed by atoms with E-state index in [9.17, 15) is 0 Å². The van der Waals surface area contributed by atoms with E-state index in [0.29, 0.717) is 18.1 Å². The molecule has 0 aromatic carbocycles. The van der Waals surface area contributed by atoms with Gasteiger partial charge in [-0.05, 0) is 45.1 Å². The highest BCUT2D eigenvalue weighted by Gasteiger charge is 2.29. The van der Waals surface area contributed by atoms with Gasteiger partial charge in [-0.25, -0.2) is 0 Å². The molecule has 20 heavy (non-hydrogen) atoms. The van der Waals surface area contributed by atoms with Crippen LogP contribution in [0.2, 0.25) is 0 Å². The Bertz CT molecular complexity index is 307. The van der Waals surface area contributed by atoms with E-state index in [4.69, 9.17) is 21.6 Å².